The van der Waals surface area contributed by atoms with Crippen LogP contribution in [0.5, 0.6) is 0 Å². The molecule has 0 spiro atoms. The molecule has 4 nitrogen and oxygen atoms in total. The molecule has 0 radical (unpaired) electrons. The van der Waals surface area contributed by atoms with Crippen LogP contribution in [0.3, 0.4) is 0 Å². The van der Waals surface area contributed by atoms with Gasteiger partial charge in [-0.3, -0.25) is 4.90 Å². The monoisotopic (exact) mass is 175 g/mol. The third kappa shape index (κ3) is 4.66. The average Bonchev–Trinajstić information content (AvgIpc) is 2.03. The second-order valence-electron chi connectivity index (χ2n) is 3.36. The molecule has 0 saturated carbocycles. The molecule has 0 bridgehead atoms. The summed E-state index contributed by atoms with van der Waals surface area (Å²) in [5.74, 6) is 0. The van der Waals surface area contributed by atoms with E-state index in [0.29, 0.717) is 6.54 Å². The van der Waals surface area contributed by atoms with Crippen LogP contribution in [0.2, 0.25) is 0 Å². The van der Waals surface area contributed by atoms with Gasteiger partial charge in [-0.25, -0.2) is 0 Å². The summed E-state index contributed by atoms with van der Waals surface area (Å²) in [6.45, 7) is 2.59. The summed E-state index contributed by atoms with van der Waals surface area (Å²) in [7, 11) is 6.05. The Hall–Kier alpha value is -0.160. The molecular weight excluding hydrogens is 154 g/mol. The largest absolute Gasteiger partial charge is 0.395 e. The van der Waals surface area contributed by atoms with Crippen LogP contribution in [0.4, 0.5) is 0 Å². The fourth-order valence-corrected chi connectivity index (χ4v) is 0.934. The molecule has 3 N–H and O–H groups in total. The Balaban J connectivity index is 3.61. The number of hydrogen-bond acceptors (Lipinski definition) is 4. The topological polar surface area (TPSA) is 52.7 Å². The minimum Gasteiger partial charge on any atom is -0.395 e. The first-order chi connectivity index (χ1) is 5.61. The van der Waals surface area contributed by atoms with E-state index in [-0.39, 0.29) is 12.6 Å². The maximum Gasteiger partial charge on any atom is 0.0599 e. The predicted molar refractivity (Wildman–Crippen MR) is 51.1 cm³/mol. The SMILES string of the molecule is CN(C)CCN(C)C(CN)CO. The minimum absolute atomic E-state index is 0.102. The van der Waals surface area contributed by atoms with Crippen molar-refractivity contribution >= 4 is 0 Å². The summed E-state index contributed by atoms with van der Waals surface area (Å²) in [5.41, 5.74) is 5.48. The van der Waals surface area contributed by atoms with E-state index in [4.69, 9.17) is 10.8 Å². The molecular formula is C8H21N3O. The van der Waals surface area contributed by atoms with Crippen molar-refractivity contribution in [1.29, 1.82) is 0 Å². The zero-order chi connectivity index (χ0) is 9.56. The average molecular weight is 175 g/mol. The second-order valence-corrected chi connectivity index (χ2v) is 3.36. The van der Waals surface area contributed by atoms with Crippen LogP contribution in [-0.2, 0) is 0 Å². The molecule has 0 aromatic heterocycles. The number of aliphatic hydroxyl groups is 1. The van der Waals surface area contributed by atoms with Gasteiger partial charge in [0.15, 0.2) is 0 Å². The molecule has 0 fully saturated rings. The Morgan fingerprint density at radius 1 is 1.25 bits per heavy atom. The van der Waals surface area contributed by atoms with Crippen molar-refractivity contribution in [2.24, 2.45) is 5.73 Å². The number of aliphatic hydroxyl groups excluding tert-OH is 1. The lowest BCUT2D eigenvalue weighted by molar-refractivity contribution is 0.144. The standard InChI is InChI=1S/C8H21N3O/c1-10(2)4-5-11(3)8(6-9)7-12/h8,12H,4-7,9H2,1-3H3. The van der Waals surface area contributed by atoms with Gasteiger partial charge in [-0.2, -0.15) is 0 Å². The number of nitrogens with zero attached hydrogens (tertiary/aromatic N) is 2. The summed E-state index contributed by atoms with van der Waals surface area (Å²) in [6.07, 6.45) is 0. The van der Waals surface area contributed by atoms with Crippen molar-refractivity contribution in [1.82, 2.24) is 9.80 Å². The second kappa shape index (κ2) is 6.37. The van der Waals surface area contributed by atoms with Gasteiger partial charge >= 0.3 is 0 Å². The summed E-state index contributed by atoms with van der Waals surface area (Å²) < 4.78 is 0. The van der Waals surface area contributed by atoms with Crippen LogP contribution in [-0.4, -0.2) is 68.3 Å². The van der Waals surface area contributed by atoms with Crippen LogP contribution in [0.15, 0.2) is 0 Å². The van der Waals surface area contributed by atoms with E-state index in [9.17, 15) is 0 Å². The minimum atomic E-state index is 0.102. The van der Waals surface area contributed by atoms with Crippen molar-refractivity contribution in [3.8, 4) is 0 Å². The van der Waals surface area contributed by atoms with E-state index in [1.54, 1.807) is 0 Å². The summed E-state index contributed by atoms with van der Waals surface area (Å²) in [5, 5.41) is 8.93. The van der Waals surface area contributed by atoms with Crippen LogP contribution in [0.25, 0.3) is 0 Å². The number of rotatable bonds is 6. The van der Waals surface area contributed by atoms with Gasteiger partial charge in [0.05, 0.1) is 6.61 Å². The van der Waals surface area contributed by atoms with Gasteiger partial charge in [0, 0.05) is 25.7 Å². The van der Waals surface area contributed by atoms with Gasteiger partial charge in [0.25, 0.3) is 0 Å². The third-order valence-electron chi connectivity index (χ3n) is 2.01. The van der Waals surface area contributed by atoms with Crippen LogP contribution >= 0.6 is 0 Å². The molecule has 0 aliphatic rings. The van der Waals surface area contributed by atoms with Crippen molar-refractivity contribution in [3.63, 3.8) is 0 Å². The van der Waals surface area contributed by atoms with Crippen LogP contribution in [0, 0.1) is 0 Å². The number of hydrogen-bond donors (Lipinski definition) is 2. The number of nitrogens with two attached hydrogens (primary N) is 1. The van der Waals surface area contributed by atoms with Gasteiger partial charge in [-0.05, 0) is 21.1 Å². The summed E-state index contributed by atoms with van der Waals surface area (Å²) >= 11 is 0. The van der Waals surface area contributed by atoms with Crippen molar-refractivity contribution in [2.45, 2.75) is 6.04 Å². The molecule has 1 unspecified atom stereocenters. The first-order valence-corrected chi connectivity index (χ1v) is 4.27. The highest BCUT2D eigenvalue weighted by atomic mass is 16.3. The molecule has 0 aromatic carbocycles. The molecule has 0 rings (SSSR count). The van der Waals surface area contributed by atoms with Crippen molar-refractivity contribution in [3.05, 3.63) is 0 Å². The quantitative estimate of drug-likeness (QED) is 0.532. The van der Waals surface area contributed by atoms with E-state index in [1.807, 2.05) is 21.1 Å². The highest BCUT2D eigenvalue weighted by molar-refractivity contribution is 4.68. The van der Waals surface area contributed by atoms with Gasteiger partial charge in [0.1, 0.15) is 0 Å². The molecule has 0 aliphatic heterocycles. The van der Waals surface area contributed by atoms with Crippen molar-refractivity contribution < 1.29 is 5.11 Å². The van der Waals surface area contributed by atoms with E-state index >= 15 is 0 Å². The Bertz CT molecular complexity index is 104. The lowest BCUT2D eigenvalue weighted by atomic mass is 10.3. The molecule has 0 heterocycles. The molecule has 0 amide bonds. The maximum atomic E-state index is 8.93. The molecule has 0 aromatic rings. The number of likely N-dealkylation sites (N-methyl/N-ethyl adjacent to an activating group) is 2. The first kappa shape index (κ1) is 11.8. The molecule has 74 valence electrons. The van der Waals surface area contributed by atoms with E-state index in [1.165, 1.54) is 0 Å². The molecule has 0 saturated heterocycles. The molecule has 0 aliphatic carbocycles. The lowest BCUT2D eigenvalue weighted by Gasteiger charge is -2.26. The zero-order valence-corrected chi connectivity index (χ0v) is 8.32. The van der Waals surface area contributed by atoms with E-state index in [0.717, 1.165) is 13.1 Å². The van der Waals surface area contributed by atoms with E-state index < -0.39 is 0 Å². The summed E-state index contributed by atoms with van der Waals surface area (Å²) in [4.78, 5) is 4.20. The highest BCUT2D eigenvalue weighted by Crippen LogP contribution is 1.92. The van der Waals surface area contributed by atoms with Gasteiger partial charge in [-0.15, -0.1) is 0 Å². The molecule has 12 heavy (non-hydrogen) atoms. The van der Waals surface area contributed by atoms with Crippen LogP contribution in [0.1, 0.15) is 0 Å². The maximum absolute atomic E-state index is 8.93. The normalized spacial score (nSPS) is 14.2. The predicted octanol–water partition coefficient (Wildman–Crippen LogP) is -1.20. The fourth-order valence-electron chi connectivity index (χ4n) is 0.934. The van der Waals surface area contributed by atoms with Gasteiger partial charge < -0.3 is 15.7 Å². The van der Waals surface area contributed by atoms with Crippen LogP contribution < -0.4 is 5.73 Å². The van der Waals surface area contributed by atoms with Gasteiger partial charge in [-0.1, -0.05) is 0 Å². The lowest BCUT2D eigenvalue weighted by Crippen LogP contribution is -2.43. The zero-order valence-electron chi connectivity index (χ0n) is 8.32. The summed E-state index contributed by atoms with van der Waals surface area (Å²) in [6, 6.07) is 0.102. The van der Waals surface area contributed by atoms with Gasteiger partial charge in [0.2, 0.25) is 0 Å². The Labute approximate surface area is 74.9 Å². The highest BCUT2D eigenvalue weighted by Gasteiger charge is 2.10. The smallest absolute Gasteiger partial charge is 0.0599 e. The Kier molecular flexibility index (Phi) is 6.28. The third-order valence-corrected chi connectivity index (χ3v) is 2.01. The molecule has 1 atom stereocenters. The van der Waals surface area contributed by atoms with E-state index in [2.05, 4.69) is 9.80 Å². The first-order valence-electron chi connectivity index (χ1n) is 4.27. The molecule has 4 heteroatoms. The Morgan fingerprint density at radius 3 is 2.17 bits per heavy atom. The van der Waals surface area contributed by atoms with Crippen molar-refractivity contribution in [2.75, 3.05) is 47.4 Å². The fraction of sp³-hybridized carbons (Fsp3) is 1.00. The Morgan fingerprint density at radius 2 is 1.83 bits per heavy atom.